The summed E-state index contributed by atoms with van der Waals surface area (Å²) in [6, 6.07) is 16.9. The van der Waals surface area contributed by atoms with Crippen molar-refractivity contribution in [3.05, 3.63) is 54.6 Å². The third-order valence-electron chi connectivity index (χ3n) is 3.79. The fourth-order valence-electron chi connectivity index (χ4n) is 2.38. The molecule has 0 saturated carbocycles. The van der Waals surface area contributed by atoms with Crippen LogP contribution in [-0.4, -0.2) is 39.1 Å². The predicted octanol–water partition coefficient (Wildman–Crippen LogP) is 2.28. The lowest BCUT2D eigenvalue weighted by atomic mass is 10.0. The van der Waals surface area contributed by atoms with E-state index in [4.69, 9.17) is 0 Å². The first-order chi connectivity index (χ1) is 12.0. The number of rotatable bonds is 5. The molecule has 0 aliphatic heterocycles. The van der Waals surface area contributed by atoms with Gasteiger partial charge in [-0.15, -0.1) is 0 Å². The molecule has 0 fully saturated rings. The van der Waals surface area contributed by atoms with Crippen molar-refractivity contribution in [1.82, 2.24) is 0 Å². The lowest BCUT2D eigenvalue weighted by molar-refractivity contribution is -0.161. The van der Waals surface area contributed by atoms with Gasteiger partial charge in [0.05, 0.1) is 14.2 Å². The van der Waals surface area contributed by atoms with Crippen LogP contribution in [-0.2, 0) is 23.9 Å². The standard InChI is InChI=1S/C19H19NO5/c1-20(17(21)16(18(22)24-2)19(23)25-3)15-11-7-10-14(12-15)13-8-5-4-6-9-13/h4-12,16H,1-3H3. The van der Waals surface area contributed by atoms with E-state index >= 15 is 0 Å². The first-order valence-electron chi connectivity index (χ1n) is 7.58. The summed E-state index contributed by atoms with van der Waals surface area (Å²) < 4.78 is 9.10. The van der Waals surface area contributed by atoms with Crippen LogP contribution in [0.4, 0.5) is 5.69 Å². The number of amides is 1. The monoisotopic (exact) mass is 341 g/mol. The van der Waals surface area contributed by atoms with Crippen molar-refractivity contribution >= 4 is 23.5 Å². The second-order valence-corrected chi connectivity index (χ2v) is 5.29. The molecule has 0 radical (unpaired) electrons. The van der Waals surface area contributed by atoms with Crippen LogP contribution in [0, 0.1) is 5.92 Å². The maximum atomic E-state index is 12.6. The highest BCUT2D eigenvalue weighted by atomic mass is 16.5. The van der Waals surface area contributed by atoms with E-state index in [1.165, 1.54) is 11.9 Å². The average Bonchev–Trinajstić information content (AvgIpc) is 2.67. The maximum absolute atomic E-state index is 12.6. The topological polar surface area (TPSA) is 72.9 Å². The third kappa shape index (κ3) is 4.03. The van der Waals surface area contributed by atoms with Crippen LogP contribution >= 0.6 is 0 Å². The molecular formula is C19H19NO5. The number of hydrogen-bond donors (Lipinski definition) is 0. The number of carbonyl (C=O) groups excluding carboxylic acids is 3. The molecule has 6 nitrogen and oxygen atoms in total. The largest absolute Gasteiger partial charge is 0.468 e. The molecular weight excluding hydrogens is 322 g/mol. The molecule has 25 heavy (non-hydrogen) atoms. The minimum Gasteiger partial charge on any atom is -0.468 e. The number of hydrogen-bond acceptors (Lipinski definition) is 5. The van der Waals surface area contributed by atoms with Crippen LogP contribution in [0.1, 0.15) is 0 Å². The summed E-state index contributed by atoms with van der Waals surface area (Å²) >= 11 is 0. The number of benzene rings is 2. The molecule has 2 aromatic rings. The van der Waals surface area contributed by atoms with Crippen molar-refractivity contribution in [3.63, 3.8) is 0 Å². The molecule has 0 aliphatic carbocycles. The van der Waals surface area contributed by atoms with E-state index in [0.29, 0.717) is 5.69 Å². The van der Waals surface area contributed by atoms with E-state index < -0.39 is 23.8 Å². The minimum atomic E-state index is -1.65. The van der Waals surface area contributed by atoms with Crippen molar-refractivity contribution in [2.75, 3.05) is 26.2 Å². The predicted molar refractivity (Wildman–Crippen MR) is 92.8 cm³/mol. The molecule has 0 heterocycles. The Kier molecular flexibility index (Phi) is 5.89. The Morgan fingerprint density at radius 2 is 1.40 bits per heavy atom. The summed E-state index contributed by atoms with van der Waals surface area (Å²) in [5.74, 6) is -4.28. The van der Waals surface area contributed by atoms with Gasteiger partial charge in [-0.25, -0.2) is 0 Å². The molecule has 6 heteroatoms. The van der Waals surface area contributed by atoms with Crippen molar-refractivity contribution in [3.8, 4) is 11.1 Å². The van der Waals surface area contributed by atoms with Gasteiger partial charge < -0.3 is 14.4 Å². The van der Waals surface area contributed by atoms with Gasteiger partial charge in [0.15, 0.2) is 0 Å². The molecule has 0 atom stereocenters. The summed E-state index contributed by atoms with van der Waals surface area (Å²) in [5, 5.41) is 0. The molecule has 0 aliphatic rings. The number of nitrogens with zero attached hydrogens (tertiary/aromatic N) is 1. The van der Waals surface area contributed by atoms with Gasteiger partial charge >= 0.3 is 11.9 Å². The zero-order valence-corrected chi connectivity index (χ0v) is 14.3. The van der Waals surface area contributed by atoms with Crippen LogP contribution in [0.2, 0.25) is 0 Å². The molecule has 0 saturated heterocycles. The number of carbonyl (C=O) groups is 3. The van der Waals surface area contributed by atoms with E-state index in [-0.39, 0.29) is 0 Å². The van der Waals surface area contributed by atoms with Gasteiger partial charge in [-0.3, -0.25) is 14.4 Å². The van der Waals surface area contributed by atoms with Crippen LogP contribution in [0.25, 0.3) is 11.1 Å². The molecule has 0 bridgehead atoms. The van der Waals surface area contributed by atoms with Crippen molar-refractivity contribution < 1.29 is 23.9 Å². The first kappa shape index (κ1) is 18.2. The van der Waals surface area contributed by atoms with Crippen molar-refractivity contribution in [2.45, 2.75) is 0 Å². The Morgan fingerprint density at radius 3 is 1.96 bits per heavy atom. The van der Waals surface area contributed by atoms with Crippen molar-refractivity contribution in [1.29, 1.82) is 0 Å². The Bertz CT molecular complexity index is 756. The van der Waals surface area contributed by atoms with Crippen LogP contribution < -0.4 is 4.90 Å². The summed E-state index contributed by atoms with van der Waals surface area (Å²) in [6.07, 6.45) is 0. The lowest BCUT2D eigenvalue weighted by Crippen LogP contribution is -2.42. The fourth-order valence-corrected chi connectivity index (χ4v) is 2.38. The number of ether oxygens (including phenoxy) is 2. The Labute approximate surface area is 146 Å². The Morgan fingerprint density at radius 1 is 0.840 bits per heavy atom. The molecule has 0 unspecified atom stereocenters. The highest BCUT2D eigenvalue weighted by Crippen LogP contribution is 2.25. The summed E-state index contributed by atoms with van der Waals surface area (Å²) in [4.78, 5) is 37.5. The molecule has 2 aromatic carbocycles. The molecule has 0 N–H and O–H groups in total. The van der Waals surface area contributed by atoms with E-state index in [1.807, 2.05) is 36.4 Å². The zero-order valence-electron chi connectivity index (χ0n) is 14.3. The average molecular weight is 341 g/mol. The quantitative estimate of drug-likeness (QED) is 0.616. The van der Waals surface area contributed by atoms with Gasteiger partial charge in [0, 0.05) is 12.7 Å². The number of methoxy groups -OCH3 is 2. The van der Waals surface area contributed by atoms with Crippen LogP contribution in [0.5, 0.6) is 0 Å². The van der Waals surface area contributed by atoms with E-state index in [9.17, 15) is 14.4 Å². The van der Waals surface area contributed by atoms with E-state index in [2.05, 4.69) is 9.47 Å². The first-order valence-corrected chi connectivity index (χ1v) is 7.58. The van der Waals surface area contributed by atoms with Gasteiger partial charge in [-0.05, 0) is 23.3 Å². The molecule has 1 amide bonds. The van der Waals surface area contributed by atoms with Gasteiger partial charge in [-0.2, -0.15) is 0 Å². The molecule has 130 valence electrons. The van der Waals surface area contributed by atoms with Crippen LogP contribution in [0.15, 0.2) is 54.6 Å². The summed E-state index contributed by atoms with van der Waals surface area (Å²) in [5.41, 5.74) is 2.44. The smallest absolute Gasteiger partial charge is 0.329 e. The second-order valence-electron chi connectivity index (χ2n) is 5.29. The second kappa shape index (κ2) is 8.10. The maximum Gasteiger partial charge on any atom is 0.329 e. The van der Waals surface area contributed by atoms with E-state index in [1.54, 1.807) is 18.2 Å². The minimum absolute atomic E-state index is 0.546. The lowest BCUT2D eigenvalue weighted by Gasteiger charge is -2.21. The van der Waals surface area contributed by atoms with Gasteiger partial charge in [-0.1, -0.05) is 42.5 Å². The molecule has 0 aromatic heterocycles. The van der Waals surface area contributed by atoms with Crippen molar-refractivity contribution in [2.24, 2.45) is 5.92 Å². The van der Waals surface area contributed by atoms with Crippen LogP contribution in [0.3, 0.4) is 0 Å². The zero-order chi connectivity index (χ0) is 18.4. The highest BCUT2D eigenvalue weighted by Gasteiger charge is 2.38. The Balaban J connectivity index is 2.33. The van der Waals surface area contributed by atoms with E-state index in [0.717, 1.165) is 25.3 Å². The summed E-state index contributed by atoms with van der Waals surface area (Å²) in [6.45, 7) is 0. The summed E-state index contributed by atoms with van der Waals surface area (Å²) in [7, 11) is 3.72. The molecule has 2 rings (SSSR count). The van der Waals surface area contributed by atoms with Gasteiger partial charge in [0.25, 0.3) is 5.91 Å². The number of esters is 2. The SMILES string of the molecule is COC(=O)C(C(=O)OC)C(=O)N(C)c1cccc(-c2ccccc2)c1. The van der Waals surface area contributed by atoms with Gasteiger partial charge in [0.1, 0.15) is 0 Å². The number of anilines is 1. The highest BCUT2D eigenvalue weighted by molar-refractivity contribution is 6.18. The molecule has 0 spiro atoms. The fraction of sp³-hybridized carbons (Fsp3) is 0.211. The normalized spacial score (nSPS) is 10.2. The third-order valence-corrected chi connectivity index (χ3v) is 3.79. The Hall–Kier alpha value is -3.15. The van der Waals surface area contributed by atoms with Gasteiger partial charge in [0.2, 0.25) is 5.92 Å².